The first-order valence-electron chi connectivity index (χ1n) is 4.12. The molecule has 5 heteroatoms. The summed E-state index contributed by atoms with van der Waals surface area (Å²) in [6, 6.07) is 6.19. The van der Waals surface area contributed by atoms with Crippen molar-refractivity contribution < 1.29 is 19.1 Å². The topological polar surface area (TPSA) is 52.6 Å². The van der Waals surface area contributed by atoms with E-state index in [2.05, 4.69) is 4.74 Å². The molecule has 0 aliphatic heterocycles. The predicted molar refractivity (Wildman–Crippen MR) is 62.3 cm³/mol. The number of carbonyl (C=O) groups excluding carboxylic acids is 2. The molecule has 0 bridgehead atoms. The third-order valence-corrected chi connectivity index (χ3v) is 2.24. The smallest absolute Gasteiger partial charge is 0.337 e. The average molecular weight is 320 g/mol. The number of benzene rings is 1. The molecule has 0 spiro atoms. The van der Waals surface area contributed by atoms with Crippen LogP contribution < -0.4 is 4.74 Å². The third kappa shape index (κ3) is 3.50. The highest BCUT2D eigenvalue weighted by atomic mass is 127. The van der Waals surface area contributed by atoms with Gasteiger partial charge in [0.25, 0.3) is 0 Å². The Hall–Kier alpha value is -1.11. The van der Waals surface area contributed by atoms with Crippen molar-refractivity contribution in [3.8, 4) is 5.75 Å². The Kier molecular flexibility index (Phi) is 4.54. The van der Waals surface area contributed by atoms with Crippen LogP contribution in [0.15, 0.2) is 24.3 Å². The molecule has 0 fully saturated rings. The number of hydrogen-bond acceptors (Lipinski definition) is 4. The van der Waals surface area contributed by atoms with Crippen LogP contribution in [0.2, 0.25) is 0 Å². The zero-order valence-corrected chi connectivity index (χ0v) is 10.2. The summed E-state index contributed by atoms with van der Waals surface area (Å²) in [7, 11) is 1.31. The summed E-state index contributed by atoms with van der Waals surface area (Å²) in [4.78, 5) is 22.0. The molecule has 0 N–H and O–H groups in total. The summed E-state index contributed by atoms with van der Waals surface area (Å²) < 4.78 is 9.75. The summed E-state index contributed by atoms with van der Waals surface area (Å²) >= 11 is 1.91. The first-order chi connectivity index (χ1) is 7.17. The monoisotopic (exact) mass is 320 g/mol. The number of halogens is 1. The van der Waals surface area contributed by atoms with Crippen LogP contribution in [0.1, 0.15) is 10.4 Å². The highest BCUT2D eigenvalue weighted by Gasteiger charge is 2.06. The van der Waals surface area contributed by atoms with Crippen LogP contribution in [0.3, 0.4) is 0 Å². The van der Waals surface area contributed by atoms with E-state index in [1.54, 1.807) is 24.3 Å². The average Bonchev–Trinajstić information content (AvgIpc) is 2.29. The highest BCUT2D eigenvalue weighted by molar-refractivity contribution is 14.1. The van der Waals surface area contributed by atoms with Gasteiger partial charge in [-0.05, 0) is 24.3 Å². The predicted octanol–water partition coefficient (Wildman–Crippen LogP) is 1.81. The molecular formula is C10H9IO4. The second-order valence-corrected chi connectivity index (χ2v) is 3.39. The SMILES string of the molecule is COC(=O)c1ccc(OC(=O)CI)cc1. The quantitative estimate of drug-likeness (QED) is 0.369. The fourth-order valence-corrected chi connectivity index (χ4v) is 1.09. The second kappa shape index (κ2) is 5.69. The molecule has 1 aromatic rings. The molecule has 1 rings (SSSR count). The normalized spacial score (nSPS) is 9.47. The number of methoxy groups -OCH3 is 1. The number of alkyl halides is 1. The van der Waals surface area contributed by atoms with Crippen molar-refractivity contribution in [2.45, 2.75) is 0 Å². The molecular weight excluding hydrogens is 311 g/mol. The molecule has 0 aromatic heterocycles. The van der Waals surface area contributed by atoms with E-state index in [1.165, 1.54) is 7.11 Å². The first kappa shape index (κ1) is 12.0. The first-order valence-corrected chi connectivity index (χ1v) is 5.65. The van der Waals surface area contributed by atoms with Gasteiger partial charge in [0.05, 0.1) is 17.1 Å². The molecule has 0 atom stereocenters. The largest absolute Gasteiger partial charge is 0.465 e. The van der Waals surface area contributed by atoms with Crippen molar-refractivity contribution in [2.75, 3.05) is 11.5 Å². The van der Waals surface area contributed by atoms with Crippen LogP contribution in [0, 0.1) is 0 Å². The van der Waals surface area contributed by atoms with Gasteiger partial charge in [-0.25, -0.2) is 4.79 Å². The van der Waals surface area contributed by atoms with Gasteiger partial charge in [0, 0.05) is 0 Å². The summed E-state index contributed by atoms with van der Waals surface area (Å²) in [5, 5.41) is 0. The second-order valence-electron chi connectivity index (χ2n) is 2.62. The summed E-state index contributed by atoms with van der Waals surface area (Å²) in [6.45, 7) is 0. The molecule has 0 aliphatic carbocycles. The lowest BCUT2D eigenvalue weighted by molar-refractivity contribution is -0.131. The molecule has 0 aliphatic rings. The van der Waals surface area contributed by atoms with Gasteiger partial charge in [-0.3, -0.25) is 4.79 Å². The Morgan fingerprint density at radius 3 is 2.33 bits per heavy atom. The van der Waals surface area contributed by atoms with E-state index in [1.807, 2.05) is 22.6 Å². The van der Waals surface area contributed by atoms with Gasteiger partial charge in [-0.2, -0.15) is 0 Å². The van der Waals surface area contributed by atoms with Gasteiger partial charge < -0.3 is 9.47 Å². The molecule has 0 heterocycles. The van der Waals surface area contributed by atoms with E-state index in [0.717, 1.165) is 0 Å². The van der Waals surface area contributed by atoms with Gasteiger partial charge >= 0.3 is 11.9 Å². The van der Waals surface area contributed by atoms with E-state index in [4.69, 9.17) is 4.74 Å². The Morgan fingerprint density at radius 1 is 1.27 bits per heavy atom. The minimum absolute atomic E-state index is 0.288. The van der Waals surface area contributed by atoms with Crippen LogP contribution in [0.4, 0.5) is 0 Å². The van der Waals surface area contributed by atoms with Crippen LogP contribution in [0.5, 0.6) is 5.75 Å². The zero-order valence-electron chi connectivity index (χ0n) is 8.03. The number of rotatable bonds is 3. The Labute approximate surface area is 101 Å². The van der Waals surface area contributed by atoms with Crippen LogP contribution in [0.25, 0.3) is 0 Å². The minimum Gasteiger partial charge on any atom is -0.465 e. The van der Waals surface area contributed by atoms with E-state index in [0.29, 0.717) is 11.3 Å². The maximum absolute atomic E-state index is 11.1. The van der Waals surface area contributed by atoms with E-state index < -0.39 is 5.97 Å². The number of carbonyl (C=O) groups is 2. The van der Waals surface area contributed by atoms with Gasteiger partial charge in [0.1, 0.15) is 5.75 Å². The highest BCUT2D eigenvalue weighted by Crippen LogP contribution is 2.13. The van der Waals surface area contributed by atoms with Gasteiger partial charge in [0.15, 0.2) is 0 Å². The summed E-state index contributed by atoms with van der Waals surface area (Å²) in [5.74, 6) is -0.312. The molecule has 0 saturated carbocycles. The van der Waals surface area contributed by atoms with Crippen LogP contribution >= 0.6 is 22.6 Å². The van der Waals surface area contributed by atoms with Gasteiger partial charge in [-0.1, -0.05) is 22.6 Å². The van der Waals surface area contributed by atoms with Crippen LogP contribution in [-0.4, -0.2) is 23.5 Å². The van der Waals surface area contributed by atoms with Crippen molar-refractivity contribution in [1.29, 1.82) is 0 Å². The minimum atomic E-state index is -0.415. The maximum atomic E-state index is 11.1. The fraction of sp³-hybridized carbons (Fsp3) is 0.200. The fourth-order valence-electron chi connectivity index (χ4n) is 0.936. The lowest BCUT2D eigenvalue weighted by Gasteiger charge is -2.03. The molecule has 0 unspecified atom stereocenters. The lowest BCUT2D eigenvalue weighted by Crippen LogP contribution is -2.08. The molecule has 0 amide bonds. The van der Waals surface area contributed by atoms with Crippen molar-refractivity contribution in [2.24, 2.45) is 0 Å². The molecule has 0 saturated heterocycles. The molecule has 0 radical (unpaired) electrons. The molecule has 80 valence electrons. The Morgan fingerprint density at radius 2 is 1.87 bits per heavy atom. The molecule has 4 nitrogen and oxygen atoms in total. The number of hydrogen-bond donors (Lipinski definition) is 0. The number of ether oxygens (including phenoxy) is 2. The zero-order chi connectivity index (χ0) is 11.3. The molecule has 15 heavy (non-hydrogen) atoms. The van der Waals surface area contributed by atoms with Crippen molar-refractivity contribution in [3.63, 3.8) is 0 Å². The van der Waals surface area contributed by atoms with E-state index in [9.17, 15) is 9.59 Å². The van der Waals surface area contributed by atoms with Gasteiger partial charge in [-0.15, -0.1) is 0 Å². The molecule has 1 aromatic carbocycles. The van der Waals surface area contributed by atoms with E-state index >= 15 is 0 Å². The standard InChI is InChI=1S/C10H9IO4/c1-14-10(13)7-2-4-8(5-3-7)15-9(12)6-11/h2-5H,6H2,1H3. The van der Waals surface area contributed by atoms with Crippen molar-refractivity contribution in [1.82, 2.24) is 0 Å². The maximum Gasteiger partial charge on any atom is 0.337 e. The Bertz CT molecular complexity index is 358. The third-order valence-electron chi connectivity index (χ3n) is 1.62. The van der Waals surface area contributed by atoms with Crippen molar-refractivity contribution >= 4 is 34.5 Å². The van der Waals surface area contributed by atoms with Crippen LogP contribution in [-0.2, 0) is 9.53 Å². The number of esters is 2. The Balaban J connectivity index is 2.72. The van der Waals surface area contributed by atoms with Gasteiger partial charge in [0.2, 0.25) is 0 Å². The summed E-state index contributed by atoms with van der Waals surface area (Å²) in [5.41, 5.74) is 0.423. The van der Waals surface area contributed by atoms with E-state index in [-0.39, 0.29) is 10.4 Å². The lowest BCUT2D eigenvalue weighted by atomic mass is 10.2. The summed E-state index contributed by atoms with van der Waals surface area (Å²) in [6.07, 6.45) is 0. The van der Waals surface area contributed by atoms with Crippen molar-refractivity contribution in [3.05, 3.63) is 29.8 Å².